The molecule has 9 heteroatoms. The number of fused-ring (bicyclic) bond motifs is 1. The molecular formula is C24H33N3O6. The molecule has 1 aromatic carbocycles. The Morgan fingerprint density at radius 1 is 1.30 bits per heavy atom. The highest BCUT2D eigenvalue weighted by Gasteiger charge is 2.38. The minimum absolute atomic E-state index is 0.0529. The van der Waals surface area contributed by atoms with E-state index in [1.54, 1.807) is 14.0 Å². The van der Waals surface area contributed by atoms with Crippen LogP contribution >= 0.6 is 0 Å². The van der Waals surface area contributed by atoms with Crippen molar-refractivity contribution in [1.29, 1.82) is 0 Å². The zero-order chi connectivity index (χ0) is 24.0. The van der Waals surface area contributed by atoms with Crippen molar-refractivity contribution in [2.24, 2.45) is 11.8 Å². The van der Waals surface area contributed by atoms with Gasteiger partial charge in [0.2, 0.25) is 18.1 Å². The quantitative estimate of drug-likeness (QED) is 0.444. The van der Waals surface area contributed by atoms with Gasteiger partial charge in [-0.1, -0.05) is 13.8 Å². The first-order valence-corrected chi connectivity index (χ1v) is 11.3. The Bertz CT molecular complexity index is 986. The summed E-state index contributed by atoms with van der Waals surface area (Å²) in [6, 6.07) is 5.29. The molecule has 1 saturated heterocycles. The number of cyclic esters (lactones) is 1. The number of benzene rings is 1. The van der Waals surface area contributed by atoms with Crippen LogP contribution in [0.1, 0.15) is 39.2 Å². The molecule has 2 amide bonds. The zero-order valence-corrected chi connectivity index (χ0v) is 19.6. The molecule has 2 heterocycles. The predicted molar refractivity (Wildman–Crippen MR) is 123 cm³/mol. The summed E-state index contributed by atoms with van der Waals surface area (Å²) < 4.78 is 15.7. The van der Waals surface area contributed by atoms with Gasteiger partial charge in [-0.2, -0.15) is 0 Å². The van der Waals surface area contributed by atoms with E-state index < -0.39 is 24.2 Å². The first kappa shape index (κ1) is 24.6. The Balaban J connectivity index is 1.52. The van der Waals surface area contributed by atoms with Crippen LogP contribution in [-0.2, 0) is 30.3 Å². The number of carbonyl (C=O) groups is 3. The summed E-state index contributed by atoms with van der Waals surface area (Å²) in [5.74, 6) is -0.674. The molecule has 3 unspecified atom stereocenters. The highest BCUT2D eigenvalue weighted by atomic mass is 16.7. The maximum absolute atomic E-state index is 12.9. The van der Waals surface area contributed by atoms with Crippen molar-refractivity contribution >= 4 is 28.7 Å². The summed E-state index contributed by atoms with van der Waals surface area (Å²) in [4.78, 5) is 40.3. The van der Waals surface area contributed by atoms with Crippen LogP contribution in [0.3, 0.4) is 0 Å². The van der Waals surface area contributed by atoms with E-state index in [0.717, 1.165) is 22.2 Å². The van der Waals surface area contributed by atoms with Crippen molar-refractivity contribution in [1.82, 2.24) is 15.6 Å². The Morgan fingerprint density at radius 2 is 2.09 bits per heavy atom. The summed E-state index contributed by atoms with van der Waals surface area (Å²) in [6.07, 6.45) is 1.93. The van der Waals surface area contributed by atoms with E-state index in [2.05, 4.69) is 15.6 Å². The lowest BCUT2D eigenvalue weighted by atomic mass is 9.91. The van der Waals surface area contributed by atoms with Crippen molar-refractivity contribution in [3.8, 4) is 5.75 Å². The van der Waals surface area contributed by atoms with Gasteiger partial charge in [-0.25, -0.2) is 0 Å². The Morgan fingerprint density at radius 3 is 2.79 bits per heavy atom. The molecule has 0 spiro atoms. The third-order valence-corrected chi connectivity index (χ3v) is 5.86. The van der Waals surface area contributed by atoms with Crippen LogP contribution in [0.15, 0.2) is 24.4 Å². The number of hydrogen-bond donors (Lipinski definition) is 3. The number of methoxy groups -OCH3 is 1. The van der Waals surface area contributed by atoms with Gasteiger partial charge in [-0.05, 0) is 37.0 Å². The van der Waals surface area contributed by atoms with Crippen LogP contribution in [-0.4, -0.2) is 55.4 Å². The van der Waals surface area contributed by atoms with Gasteiger partial charge in [0.1, 0.15) is 11.8 Å². The second-order valence-corrected chi connectivity index (χ2v) is 8.51. The summed E-state index contributed by atoms with van der Waals surface area (Å²) in [5.41, 5.74) is 2.07. The van der Waals surface area contributed by atoms with Gasteiger partial charge in [0.25, 0.3) is 0 Å². The van der Waals surface area contributed by atoms with Gasteiger partial charge >= 0.3 is 5.97 Å². The van der Waals surface area contributed by atoms with Crippen LogP contribution in [0.2, 0.25) is 0 Å². The highest BCUT2D eigenvalue weighted by Crippen LogP contribution is 2.24. The van der Waals surface area contributed by atoms with Crippen molar-refractivity contribution in [3.63, 3.8) is 0 Å². The van der Waals surface area contributed by atoms with Crippen molar-refractivity contribution < 1.29 is 28.6 Å². The lowest BCUT2D eigenvalue weighted by molar-refractivity contribution is -0.164. The Labute approximate surface area is 193 Å². The van der Waals surface area contributed by atoms with Crippen molar-refractivity contribution in [2.75, 3.05) is 20.3 Å². The van der Waals surface area contributed by atoms with Crippen LogP contribution in [0.25, 0.3) is 10.9 Å². The maximum Gasteiger partial charge on any atom is 0.310 e. The number of amides is 2. The number of esters is 1. The normalized spacial score (nSPS) is 18.9. The lowest BCUT2D eigenvalue weighted by Crippen LogP contribution is -2.46. The summed E-state index contributed by atoms with van der Waals surface area (Å²) >= 11 is 0. The molecule has 0 aliphatic carbocycles. The van der Waals surface area contributed by atoms with Crippen LogP contribution in [0, 0.1) is 11.8 Å². The molecule has 1 aliphatic rings. The monoisotopic (exact) mass is 459 g/mol. The molecule has 1 fully saturated rings. The summed E-state index contributed by atoms with van der Waals surface area (Å²) in [7, 11) is 1.63. The second kappa shape index (κ2) is 11.2. The molecule has 0 bridgehead atoms. The number of H-pyrrole nitrogens is 1. The largest absolute Gasteiger partial charge is 0.497 e. The van der Waals surface area contributed by atoms with Crippen molar-refractivity contribution in [3.05, 3.63) is 30.0 Å². The SMILES string of the molecule is CCOC1OC(=O)CC1NC(=O)C(CC(=O)NCCc1c[nH]c2cc(OC)ccc12)C(C)C. The standard InChI is InChI=1S/C24H33N3O6/c1-5-32-24-20(12-22(29)33-24)27-23(30)18(14(2)3)11-21(28)25-9-8-15-13-26-19-10-16(31-4)6-7-17(15)19/h6-7,10,13-14,18,20,24,26H,5,8-9,11-12H2,1-4H3,(H,25,28)(H,27,30). The van der Waals surface area contributed by atoms with Gasteiger partial charge < -0.3 is 29.8 Å². The molecule has 3 N–H and O–H groups in total. The number of hydrogen-bond acceptors (Lipinski definition) is 6. The maximum atomic E-state index is 12.9. The smallest absolute Gasteiger partial charge is 0.310 e. The van der Waals surface area contributed by atoms with Crippen LogP contribution in [0.4, 0.5) is 0 Å². The first-order chi connectivity index (χ1) is 15.8. The van der Waals surface area contributed by atoms with E-state index in [9.17, 15) is 14.4 Å². The molecule has 0 saturated carbocycles. The number of ether oxygens (including phenoxy) is 3. The number of nitrogens with one attached hydrogen (secondary N) is 3. The highest BCUT2D eigenvalue weighted by molar-refractivity contribution is 5.87. The molecular weight excluding hydrogens is 426 g/mol. The van der Waals surface area contributed by atoms with Crippen LogP contribution < -0.4 is 15.4 Å². The summed E-state index contributed by atoms with van der Waals surface area (Å²) in [5, 5.41) is 6.84. The fourth-order valence-corrected chi connectivity index (χ4v) is 4.00. The Hall–Kier alpha value is -3.07. The molecule has 0 radical (unpaired) electrons. The van der Waals surface area contributed by atoms with E-state index >= 15 is 0 Å². The minimum atomic E-state index is -0.788. The fraction of sp³-hybridized carbons (Fsp3) is 0.542. The molecule has 3 atom stereocenters. The number of carbonyl (C=O) groups excluding carboxylic acids is 3. The van der Waals surface area contributed by atoms with Gasteiger partial charge in [-0.15, -0.1) is 0 Å². The molecule has 180 valence electrons. The third kappa shape index (κ3) is 6.25. The molecule has 33 heavy (non-hydrogen) atoms. The molecule has 2 aromatic rings. The van der Waals surface area contributed by atoms with Gasteiger partial charge in [0, 0.05) is 48.7 Å². The summed E-state index contributed by atoms with van der Waals surface area (Å²) in [6.45, 7) is 6.41. The van der Waals surface area contributed by atoms with E-state index in [4.69, 9.17) is 14.2 Å². The second-order valence-electron chi connectivity index (χ2n) is 8.51. The topological polar surface area (TPSA) is 119 Å². The molecule has 3 rings (SSSR count). The van der Waals surface area contributed by atoms with E-state index in [1.807, 2.05) is 38.2 Å². The zero-order valence-electron chi connectivity index (χ0n) is 19.6. The third-order valence-electron chi connectivity index (χ3n) is 5.86. The Kier molecular flexibility index (Phi) is 8.32. The fourth-order valence-electron chi connectivity index (χ4n) is 4.00. The lowest BCUT2D eigenvalue weighted by Gasteiger charge is -2.24. The molecule has 1 aromatic heterocycles. The number of aromatic nitrogens is 1. The average Bonchev–Trinajstić information content (AvgIpc) is 3.34. The van der Waals surface area contributed by atoms with Gasteiger partial charge in [0.05, 0.1) is 13.5 Å². The predicted octanol–water partition coefficient (Wildman–Crippen LogP) is 2.29. The van der Waals surface area contributed by atoms with E-state index in [-0.39, 0.29) is 30.6 Å². The number of aromatic amines is 1. The van der Waals surface area contributed by atoms with Gasteiger partial charge in [-0.3, -0.25) is 14.4 Å². The average molecular weight is 460 g/mol. The van der Waals surface area contributed by atoms with Crippen molar-refractivity contribution in [2.45, 2.75) is 52.4 Å². The van der Waals surface area contributed by atoms with E-state index in [1.165, 1.54) is 0 Å². The number of rotatable bonds is 11. The molecule has 9 nitrogen and oxygen atoms in total. The first-order valence-electron chi connectivity index (χ1n) is 11.3. The molecule has 1 aliphatic heterocycles. The van der Waals surface area contributed by atoms with Crippen LogP contribution in [0.5, 0.6) is 5.75 Å². The van der Waals surface area contributed by atoms with E-state index in [0.29, 0.717) is 19.6 Å². The van der Waals surface area contributed by atoms with Gasteiger partial charge in [0.15, 0.2) is 0 Å². The minimum Gasteiger partial charge on any atom is -0.497 e.